The van der Waals surface area contributed by atoms with Gasteiger partial charge in [-0.25, -0.2) is 0 Å². The molecule has 152 valence electrons. The highest BCUT2D eigenvalue weighted by atomic mass is 32.1. The standard InChI is InChI=1S/C23H21N3O3S/c1-29-20-10-6-5-9-19(20)22(28)26-23(30)25-18-13-11-17(12-14-18)24-21(27)15-16-7-3-2-4-8-16/h2-14H,15H2,1H3,(H,24,27)(H2,25,26,28,30). The van der Waals surface area contributed by atoms with Crippen molar-refractivity contribution in [1.29, 1.82) is 0 Å². The Morgan fingerprint density at radius 1 is 0.833 bits per heavy atom. The van der Waals surface area contributed by atoms with Crippen LogP contribution in [0.15, 0.2) is 78.9 Å². The number of para-hydroxylation sites is 1. The molecule has 0 aliphatic heterocycles. The summed E-state index contributed by atoms with van der Waals surface area (Å²) in [6.07, 6.45) is 0.305. The normalized spacial score (nSPS) is 10.0. The van der Waals surface area contributed by atoms with E-state index in [9.17, 15) is 9.59 Å². The molecule has 0 saturated carbocycles. The van der Waals surface area contributed by atoms with Gasteiger partial charge in [0.1, 0.15) is 5.75 Å². The molecule has 0 bridgehead atoms. The number of carbonyl (C=O) groups excluding carboxylic acids is 2. The first-order valence-corrected chi connectivity index (χ1v) is 9.65. The number of hydrogen-bond donors (Lipinski definition) is 3. The Bertz CT molecular complexity index is 1040. The predicted molar refractivity (Wildman–Crippen MR) is 122 cm³/mol. The number of rotatable bonds is 6. The number of amides is 2. The van der Waals surface area contributed by atoms with E-state index >= 15 is 0 Å². The van der Waals surface area contributed by atoms with Crippen molar-refractivity contribution in [2.75, 3.05) is 17.7 Å². The number of ether oxygens (including phenoxy) is 1. The molecule has 6 nitrogen and oxygen atoms in total. The van der Waals surface area contributed by atoms with Crippen molar-refractivity contribution in [3.8, 4) is 5.75 Å². The molecule has 3 N–H and O–H groups in total. The molecule has 0 atom stereocenters. The van der Waals surface area contributed by atoms with E-state index in [-0.39, 0.29) is 16.9 Å². The maximum atomic E-state index is 12.4. The van der Waals surface area contributed by atoms with E-state index in [0.717, 1.165) is 5.56 Å². The van der Waals surface area contributed by atoms with E-state index in [0.29, 0.717) is 29.1 Å². The molecule has 0 aliphatic rings. The first-order valence-electron chi connectivity index (χ1n) is 9.24. The molecule has 0 saturated heterocycles. The van der Waals surface area contributed by atoms with Crippen LogP contribution in [-0.4, -0.2) is 24.0 Å². The van der Waals surface area contributed by atoms with Gasteiger partial charge in [-0.1, -0.05) is 42.5 Å². The Morgan fingerprint density at radius 3 is 2.10 bits per heavy atom. The summed E-state index contributed by atoms with van der Waals surface area (Å²) >= 11 is 5.21. The molecule has 0 fully saturated rings. The maximum Gasteiger partial charge on any atom is 0.261 e. The van der Waals surface area contributed by atoms with Crippen molar-refractivity contribution < 1.29 is 14.3 Å². The van der Waals surface area contributed by atoms with Crippen LogP contribution in [0.1, 0.15) is 15.9 Å². The van der Waals surface area contributed by atoms with E-state index < -0.39 is 0 Å². The third-order valence-electron chi connectivity index (χ3n) is 4.21. The number of anilines is 2. The molecule has 0 aliphatic carbocycles. The van der Waals surface area contributed by atoms with Gasteiger partial charge in [0.05, 0.1) is 19.1 Å². The van der Waals surface area contributed by atoms with E-state index in [1.807, 2.05) is 30.3 Å². The van der Waals surface area contributed by atoms with Gasteiger partial charge in [0, 0.05) is 11.4 Å². The van der Waals surface area contributed by atoms with Crippen LogP contribution in [0.2, 0.25) is 0 Å². The van der Waals surface area contributed by atoms with Crippen LogP contribution in [0.4, 0.5) is 11.4 Å². The molecule has 0 unspecified atom stereocenters. The lowest BCUT2D eigenvalue weighted by Gasteiger charge is -2.12. The summed E-state index contributed by atoms with van der Waals surface area (Å²) in [5.74, 6) is 0.00430. The number of benzene rings is 3. The second kappa shape index (κ2) is 10.2. The third kappa shape index (κ3) is 5.89. The maximum absolute atomic E-state index is 12.4. The van der Waals surface area contributed by atoms with E-state index in [4.69, 9.17) is 17.0 Å². The van der Waals surface area contributed by atoms with Gasteiger partial charge >= 0.3 is 0 Å². The van der Waals surface area contributed by atoms with Crippen LogP contribution in [0, 0.1) is 0 Å². The fourth-order valence-corrected chi connectivity index (χ4v) is 3.00. The van der Waals surface area contributed by atoms with Gasteiger partial charge in [-0.05, 0) is 54.2 Å². The van der Waals surface area contributed by atoms with Gasteiger partial charge in [0.25, 0.3) is 5.91 Å². The monoisotopic (exact) mass is 419 g/mol. The molecule has 0 radical (unpaired) electrons. The van der Waals surface area contributed by atoms with Gasteiger partial charge in [-0.3, -0.25) is 14.9 Å². The van der Waals surface area contributed by atoms with Gasteiger partial charge in [-0.2, -0.15) is 0 Å². The average Bonchev–Trinajstić information content (AvgIpc) is 2.75. The van der Waals surface area contributed by atoms with E-state index in [1.165, 1.54) is 7.11 Å². The molecule has 7 heteroatoms. The van der Waals surface area contributed by atoms with Crippen LogP contribution in [0.5, 0.6) is 5.75 Å². The molecule has 0 aromatic heterocycles. The molecule has 3 aromatic carbocycles. The molecule has 3 aromatic rings. The van der Waals surface area contributed by atoms with Crippen LogP contribution in [0.3, 0.4) is 0 Å². The van der Waals surface area contributed by atoms with Crippen molar-refractivity contribution in [2.24, 2.45) is 0 Å². The lowest BCUT2D eigenvalue weighted by molar-refractivity contribution is -0.115. The van der Waals surface area contributed by atoms with Crippen LogP contribution >= 0.6 is 12.2 Å². The first kappa shape index (κ1) is 21.0. The molecular formula is C23H21N3O3S. The Balaban J connectivity index is 1.53. The topological polar surface area (TPSA) is 79.5 Å². The summed E-state index contributed by atoms with van der Waals surface area (Å²) in [6, 6.07) is 23.5. The number of nitrogens with one attached hydrogen (secondary N) is 3. The smallest absolute Gasteiger partial charge is 0.261 e. The second-order valence-electron chi connectivity index (χ2n) is 6.40. The zero-order valence-electron chi connectivity index (χ0n) is 16.3. The van der Waals surface area contributed by atoms with Crippen molar-refractivity contribution >= 4 is 40.5 Å². The summed E-state index contributed by atoms with van der Waals surface area (Å²) in [6.45, 7) is 0. The van der Waals surface area contributed by atoms with Crippen LogP contribution in [-0.2, 0) is 11.2 Å². The average molecular weight is 420 g/mol. The molecule has 0 heterocycles. The summed E-state index contributed by atoms with van der Waals surface area (Å²) < 4.78 is 5.19. The van der Waals surface area contributed by atoms with Gasteiger partial charge in [-0.15, -0.1) is 0 Å². The lowest BCUT2D eigenvalue weighted by Crippen LogP contribution is -2.34. The Kier molecular flexibility index (Phi) is 7.13. The predicted octanol–water partition coefficient (Wildman–Crippen LogP) is 4.00. The highest BCUT2D eigenvalue weighted by Gasteiger charge is 2.13. The minimum atomic E-state index is -0.366. The molecule has 2 amide bonds. The number of thiocarbonyl (C=S) groups is 1. The molecule has 30 heavy (non-hydrogen) atoms. The Hall–Kier alpha value is -3.71. The highest BCUT2D eigenvalue weighted by Crippen LogP contribution is 2.17. The van der Waals surface area contributed by atoms with Gasteiger partial charge < -0.3 is 15.4 Å². The largest absolute Gasteiger partial charge is 0.496 e. The zero-order chi connectivity index (χ0) is 21.3. The summed E-state index contributed by atoms with van der Waals surface area (Å²) in [4.78, 5) is 24.5. The SMILES string of the molecule is COc1ccccc1C(=O)NC(=S)Nc1ccc(NC(=O)Cc2ccccc2)cc1. The van der Waals surface area contributed by atoms with E-state index in [2.05, 4.69) is 16.0 Å². The Morgan fingerprint density at radius 2 is 1.43 bits per heavy atom. The third-order valence-corrected chi connectivity index (χ3v) is 4.42. The molecule has 3 rings (SSSR count). The number of carbonyl (C=O) groups is 2. The highest BCUT2D eigenvalue weighted by molar-refractivity contribution is 7.80. The lowest BCUT2D eigenvalue weighted by atomic mass is 10.1. The first-order chi connectivity index (χ1) is 14.5. The van der Waals surface area contributed by atoms with Gasteiger partial charge in [0.2, 0.25) is 5.91 Å². The van der Waals surface area contributed by atoms with Crippen molar-refractivity contribution in [3.63, 3.8) is 0 Å². The molecular weight excluding hydrogens is 398 g/mol. The summed E-state index contributed by atoms with van der Waals surface area (Å²) in [5.41, 5.74) is 2.69. The minimum Gasteiger partial charge on any atom is -0.496 e. The van der Waals surface area contributed by atoms with Crippen LogP contribution in [0.25, 0.3) is 0 Å². The van der Waals surface area contributed by atoms with Crippen molar-refractivity contribution in [1.82, 2.24) is 5.32 Å². The molecule has 0 spiro atoms. The summed E-state index contributed by atoms with van der Waals surface area (Å²) in [7, 11) is 1.50. The second-order valence-corrected chi connectivity index (χ2v) is 6.80. The minimum absolute atomic E-state index is 0.0958. The number of hydrogen-bond acceptors (Lipinski definition) is 4. The zero-order valence-corrected chi connectivity index (χ0v) is 17.2. The van der Waals surface area contributed by atoms with Crippen molar-refractivity contribution in [3.05, 3.63) is 90.0 Å². The van der Waals surface area contributed by atoms with Crippen LogP contribution < -0.4 is 20.7 Å². The van der Waals surface area contributed by atoms with Crippen molar-refractivity contribution in [2.45, 2.75) is 6.42 Å². The number of methoxy groups -OCH3 is 1. The fourth-order valence-electron chi connectivity index (χ4n) is 2.79. The van der Waals surface area contributed by atoms with E-state index in [1.54, 1.807) is 48.5 Å². The quantitative estimate of drug-likeness (QED) is 0.526. The Labute approximate surface area is 180 Å². The summed E-state index contributed by atoms with van der Waals surface area (Å²) in [5, 5.41) is 8.58. The van der Waals surface area contributed by atoms with Gasteiger partial charge in [0.15, 0.2) is 5.11 Å². The fraction of sp³-hybridized carbons (Fsp3) is 0.0870.